The van der Waals surface area contributed by atoms with E-state index >= 15 is 0 Å². The summed E-state index contributed by atoms with van der Waals surface area (Å²) in [6.45, 7) is -1.97. The minimum Gasteiger partial charge on any atom is -0.434 e. The molecule has 114 valence electrons. The first-order chi connectivity index (χ1) is 10.1. The highest BCUT2D eigenvalue weighted by Gasteiger charge is 2.21. The molecule has 1 unspecified atom stereocenters. The molecule has 0 aliphatic heterocycles. The quantitative estimate of drug-likeness (QED) is 0.854. The van der Waals surface area contributed by atoms with Crippen LogP contribution in [0.1, 0.15) is 17.3 Å². The molecular weight excluding hydrogens is 296 g/mol. The van der Waals surface area contributed by atoms with Crippen LogP contribution in [0.3, 0.4) is 0 Å². The first-order valence-corrected chi connectivity index (χ1v) is 7.37. The lowest BCUT2D eigenvalue weighted by atomic mass is 10.0. The van der Waals surface area contributed by atoms with Gasteiger partial charge in [-0.25, -0.2) is 4.98 Å². The molecule has 0 aliphatic carbocycles. The summed E-state index contributed by atoms with van der Waals surface area (Å²) in [6.07, 6.45) is 0. The molecule has 1 heterocycles. The second-order valence-electron chi connectivity index (χ2n) is 4.56. The first kappa shape index (κ1) is 15.8. The third-order valence-corrected chi connectivity index (χ3v) is 3.78. The molecule has 1 aromatic carbocycles. The fourth-order valence-corrected chi connectivity index (χ4v) is 2.73. The third-order valence-electron chi connectivity index (χ3n) is 3.14. The van der Waals surface area contributed by atoms with E-state index in [9.17, 15) is 8.78 Å². The smallest absolute Gasteiger partial charge is 0.387 e. The van der Waals surface area contributed by atoms with E-state index < -0.39 is 6.61 Å². The number of alkyl halides is 2. The molecular formula is C14H17F2N3OS. The van der Waals surface area contributed by atoms with Gasteiger partial charge >= 0.3 is 6.61 Å². The van der Waals surface area contributed by atoms with Gasteiger partial charge in [-0.1, -0.05) is 18.2 Å². The van der Waals surface area contributed by atoms with Crippen LogP contribution in [-0.2, 0) is 6.54 Å². The monoisotopic (exact) mass is 313 g/mol. The summed E-state index contributed by atoms with van der Waals surface area (Å²) in [4.78, 5) is 6.20. The first-order valence-electron chi connectivity index (χ1n) is 6.43. The number of ether oxygens (including phenoxy) is 1. The maximum atomic E-state index is 12.5. The van der Waals surface area contributed by atoms with Crippen LogP contribution in [0.25, 0.3) is 0 Å². The lowest BCUT2D eigenvalue weighted by Crippen LogP contribution is -2.30. The Morgan fingerprint density at radius 3 is 2.76 bits per heavy atom. The number of hydrogen-bond acceptors (Lipinski definition) is 5. The highest BCUT2D eigenvalue weighted by Crippen LogP contribution is 2.30. The van der Waals surface area contributed by atoms with Gasteiger partial charge in [0.1, 0.15) is 5.75 Å². The maximum absolute atomic E-state index is 12.5. The molecule has 0 saturated carbocycles. The van der Waals surface area contributed by atoms with Crippen molar-refractivity contribution in [3.05, 3.63) is 46.4 Å². The summed E-state index contributed by atoms with van der Waals surface area (Å²) in [5.41, 5.74) is 9.17. The minimum absolute atomic E-state index is 0.160. The number of thiazole rings is 1. The van der Waals surface area contributed by atoms with Gasteiger partial charge in [-0.2, -0.15) is 8.78 Å². The second kappa shape index (κ2) is 7.44. The van der Waals surface area contributed by atoms with Crippen molar-refractivity contribution in [2.24, 2.45) is 5.73 Å². The zero-order chi connectivity index (χ0) is 15.2. The molecule has 2 aromatic rings. The van der Waals surface area contributed by atoms with Crippen LogP contribution >= 0.6 is 11.3 Å². The molecule has 0 bridgehead atoms. The Morgan fingerprint density at radius 1 is 1.38 bits per heavy atom. The van der Waals surface area contributed by atoms with Crippen LogP contribution in [0.4, 0.5) is 8.78 Å². The molecule has 0 saturated heterocycles. The SMILES string of the molecule is CN(Cc1cscn1)C(CN)c1ccccc1OC(F)F. The molecule has 7 heteroatoms. The largest absolute Gasteiger partial charge is 0.434 e. The van der Waals surface area contributed by atoms with E-state index in [1.54, 1.807) is 23.7 Å². The number of benzene rings is 1. The summed E-state index contributed by atoms with van der Waals surface area (Å²) in [7, 11) is 1.88. The zero-order valence-corrected chi connectivity index (χ0v) is 12.4. The van der Waals surface area contributed by atoms with Gasteiger partial charge in [-0.05, 0) is 13.1 Å². The average molecular weight is 313 g/mol. The van der Waals surface area contributed by atoms with Crippen molar-refractivity contribution in [1.82, 2.24) is 9.88 Å². The highest BCUT2D eigenvalue weighted by atomic mass is 32.1. The second-order valence-corrected chi connectivity index (χ2v) is 5.28. The Morgan fingerprint density at radius 2 is 2.14 bits per heavy atom. The van der Waals surface area contributed by atoms with Crippen molar-refractivity contribution >= 4 is 11.3 Å². The predicted molar refractivity (Wildman–Crippen MR) is 78.5 cm³/mol. The Kier molecular flexibility index (Phi) is 5.60. The van der Waals surface area contributed by atoms with Crippen LogP contribution in [0.15, 0.2) is 35.2 Å². The molecule has 1 atom stereocenters. The molecule has 1 aromatic heterocycles. The van der Waals surface area contributed by atoms with Gasteiger partial charge < -0.3 is 10.5 Å². The van der Waals surface area contributed by atoms with Crippen molar-refractivity contribution in [2.45, 2.75) is 19.2 Å². The Labute approximate surface area is 126 Å². The summed E-state index contributed by atoms with van der Waals surface area (Å²) >= 11 is 1.52. The van der Waals surface area contributed by atoms with Gasteiger partial charge in [-0.3, -0.25) is 4.90 Å². The average Bonchev–Trinajstić information content (AvgIpc) is 2.93. The van der Waals surface area contributed by atoms with Crippen LogP contribution in [-0.4, -0.2) is 30.1 Å². The molecule has 0 radical (unpaired) electrons. The van der Waals surface area contributed by atoms with E-state index in [0.29, 0.717) is 18.7 Å². The normalized spacial score (nSPS) is 12.9. The Hall–Kier alpha value is -1.57. The van der Waals surface area contributed by atoms with E-state index in [4.69, 9.17) is 5.73 Å². The molecule has 0 fully saturated rings. The Bertz CT molecular complexity index is 551. The van der Waals surface area contributed by atoms with Crippen molar-refractivity contribution in [3.63, 3.8) is 0 Å². The van der Waals surface area contributed by atoms with Crippen molar-refractivity contribution in [1.29, 1.82) is 0 Å². The molecule has 0 aliphatic rings. The number of nitrogens with zero attached hydrogens (tertiary/aromatic N) is 2. The third kappa shape index (κ3) is 4.20. The number of rotatable bonds is 7. The van der Waals surface area contributed by atoms with Crippen molar-refractivity contribution in [2.75, 3.05) is 13.6 Å². The molecule has 0 spiro atoms. The van der Waals surface area contributed by atoms with Crippen molar-refractivity contribution < 1.29 is 13.5 Å². The van der Waals surface area contributed by atoms with Crippen LogP contribution < -0.4 is 10.5 Å². The standard InChI is InChI=1S/C14H17F2N3OS/c1-19(7-10-8-21-9-18-10)12(6-17)11-4-2-3-5-13(11)20-14(15)16/h2-5,8-9,12,14H,6-7,17H2,1H3. The Balaban J connectivity index is 2.20. The number of halogens is 2. The summed E-state index contributed by atoms with van der Waals surface area (Å²) in [6, 6.07) is 6.51. The minimum atomic E-state index is -2.85. The molecule has 4 nitrogen and oxygen atoms in total. The van der Waals surface area contributed by atoms with Gasteiger partial charge in [0.25, 0.3) is 0 Å². The lowest BCUT2D eigenvalue weighted by Gasteiger charge is -2.28. The van der Waals surface area contributed by atoms with E-state index in [-0.39, 0.29) is 11.8 Å². The van der Waals surface area contributed by atoms with Gasteiger partial charge in [0.05, 0.1) is 17.2 Å². The molecule has 21 heavy (non-hydrogen) atoms. The van der Waals surface area contributed by atoms with E-state index in [1.807, 2.05) is 17.3 Å². The van der Waals surface area contributed by atoms with E-state index in [0.717, 1.165) is 5.69 Å². The summed E-state index contributed by atoms with van der Waals surface area (Å²) in [5, 5.41) is 1.95. The number of nitrogens with two attached hydrogens (primary N) is 1. The topological polar surface area (TPSA) is 51.4 Å². The van der Waals surface area contributed by atoms with Crippen LogP contribution in [0.5, 0.6) is 5.75 Å². The lowest BCUT2D eigenvalue weighted by molar-refractivity contribution is -0.0511. The van der Waals surface area contributed by atoms with E-state index in [2.05, 4.69) is 9.72 Å². The van der Waals surface area contributed by atoms with E-state index in [1.165, 1.54) is 17.4 Å². The highest BCUT2D eigenvalue weighted by molar-refractivity contribution is 7.07. The number of likely N-dealkylation sites (N-methyl/N-ethyl adjacent to an activating group) is 1. The van der Waals surface area contributed by atoms with Gasteiger partial charge in [-0.15, -0.1) is 11.3 Å². The molecule has 0 amide bonds. The summed E-state index contributed by atoms with van der Waals surface area (Å²) < 4.78 is 29.6. The zero-order valence-electron chi connectivity index (χ0n) is 11.6. The maximum Gasteiger partial charge on any atom is 0.387 e. The molecule has 2 rings (SSSR count). The van der Waals surface area contributed by atoms with Crippen molar-refractivity contribution in [3.8, 4) is 5.75 Å². The fraction of sp³-hybridized carbons (Fsp3) is 0.357. The van der Waals surface area contributed by atoms with Gasteiger partial charge in [0, 0.05) is 24.0 Å². The van der Waals surface area contributed by atoms with Gasteiger partial charge in [0.2, 0.25) is 0 Å². The number of hydrogen-bond donors (Lipinski definition) is 1. The van der Waals surface area contributed by atoms with Gasteiger partial charge in [0.15, 0.2) is 0 Å². The summed E-state index contributed by atoms with van der Waals surface area (Å²) in [5.74, 6) is 0.160. The fourth-order valence-electron chi connectivity index (χ4n) is 2.18. The molecule has 2 N–H and O–H groups in total. The van der Waals surface area contributed by atoms with Crippen LogP contribution in [0, 0.1) is 0 Å². The number of aromatic nitrogens is 1. The predicted octanol–water partition coefficient (Wildman–Crippen LogP) is 2.88. The number of para-hydroxylation sites is 1. The van der Waals surface area contributed by atoms with Crippen LogP contribution in [0.2, 0.25) is 0 Å².